The van der Waals surface area contributed by atoms with Crippen LogP contribution in [0.4, 0.5) is 0 Å². The Morgan fingerprint density at radius 1 is 0.900 bits per heavy atom. The lowest BCUT2D eigenvalue weighted by molar-refractivity contribution is 0.0768. The molecule has 0 aromatic rings. The zero-order valence-electron chi connectivity index (χ0n) is 13.6. The van der Waals surface area contributed by atoms with Crippen molar-refractivity contribution >= 4 is 0 Å². The summed E-state index contributed by atoms with van der Waals surface area (Å²) in [6, 6.07) is 0.216. The number of hydrogen-bond donors (Lipinski definition) is 2. The first-order valence-corrected chi connectivity index (χ1v) is 9.24. The zero-order chi connectivity index (χ0) is 14.4. The molecule has 118 valence electrons. The summed E-state index contributed by atoms with van der Waals surface area (Å²) in [5.41, 5.74) is 13.7. The maximum atomic E-state index is 7.11. The van der Waals surface area contributed by atoms with Gasteiger partial charge in [0.25, 0.3) is 0 Å². The second-order valence-electron chi connectivity index (χ2n) is 7.42. The molecular weight excluding hydrogens is 244 g/mol. The van der Waals surface area contributed by atoms with E-state index in [4.69, 9.17) is 11.5 Å². The van der Waals surface area contributed by atoms with Crippen LogP contribution in [0.5, 0.6) is 0 Å². The lowest BCUT2D eigenvalue weighted by atomic mass is 9.61. The highest BCUT2D eigenvalue weighted by molar-refractivity contribution is 5.05. The van der Waals surface area contributed by atoms with Crippen LogP contribution in [0.3, 0.4) is 0 Å². The van der Waals surface area contributed by atoms with E-state index in [-0.39, 0.29) is 11.6 Å². The summed E-state index contributed by atoms with van der Waals surface area (Å²) in [7, 11) is 0. The molecule has 2 fully saturated rings. The first-order chi connectivity index (χ1) is 9.69. The average molecular weight is 280 g/mol. The van der Waals surface area contributed by atoms with Gasteiger partial charge in [-0.3, -0.25) is 0 Å². The van der Waals surface area contributed by atoms with E-state index < -0.39 is 0 Å². The summed E-state index contributed by atoms with van der Waals surface area (Å²) in [5.74, 6) is 1.37. The lowest BCUT2D eigenvalue weighted by Gasteiger charge is -2.50. The molecule has 2 saturated carbocycles. The molecule has 0 radical (unpaired) electrons. The largest absolute Gasteiger partial charge is 0.326 e. The van der Waals surface area contributed by atoms with Gasteiger partial charge in [-0.2, -0.15) is 0 Å². The van der Waals surface area contributed by atoms with E-state index in [1.807, 2.05) is 0 Å². The predicted molar refractivity (Wildman–Crippen MR) is 87.6 cm³/mol. The van der Waals surface area contributed by atoms with Gasteiger partial charge in [0.1, 0.15) is 0 Å². The summed E-state index contributed by atoms with van der Waals surface area (Å²) in [6.45, 7) is 2.26. The Labute approximate surface area is 126 Å². The summed E-state index contributed by atoms with van der Waals surface area (Å²) in [5, 5.41) is 0. The van der Waals surface area contributed by atoms with Gasteiger partial charge in [0.2, 0.25) is 0 Å². The molecule has 2 aliphatic carbocycles. The van der Waals surface area contributed by atoms with E-state index in [0.717, 1.165) is 6.42 Å². The topological polar surface area (TPSA) is 52.0 Å². The van der Waals surface area contributed by atoms with Crippen LogP contribution in [-0.4, -0.2) is 11.6 Å². The van der Waals surface area contributed by atoms with Crippen molar-refractivity contribution in [1.29, 1.82) is 0 Å². The monoisotopic (exact) mass is 280 g/mol. The van der Waals surface area contributed by atoms with Crippen molar-refractivity contribution in [2.45, 2.75) is 102 Å². The van der Waals surface area contributed by atoms with Gasteiger partial charge in [-0.05, 0) is 43.9 Å². The van der Waals surface area contributed by atoms with Crippen molar-refractivity contribution in [2.75, 3.05) is 0 Å². The molecule has 1 atom stereocenters. The third-order valence-corrected chi connectivity index (χ3v) is 6.14. The molecule has 2 heteroatoms. The van der Waals surface area contributed by atoms with Gasteiger partial charge in [-0.15, -0.1) is 0 Å². The molecule has 0 aromatic heterocycles. The Kier molecular flexibility index (Phi) is 6.35. The van der Waals surface area contributed by atoms with E-state index in [1.165, 1.54) is 77.0 Å². The van der Waals surface area contributed by atoms with Gasteiger partial charge in [-0.1, -0.05) is 58.3 Å². The molecule has 2 aliphatic rings. The van der Waals surface area contributed by atoms with Crippen LogP contribution in [-0.2, 0) is 0 Å². The molecule has 0 aromatic carbocycles. The molecule has 0 spiro atoms. The third-order valence-electron chi connectivity index (χ3n) is 6.14. The predicted octanol–water partition coefficient (Wildman–Crippen LogP) is 4.36. The van der Waals surface area contributed by atoms with Crippen LogP contribution < -0.4 is 11.5 Å². The van der Waals surface area contributed by atoms with Crippen molar-refractivity contribution in [1.82, 2.24) is 0 Å². The van der Waals surface area contributed by atoms with E-state index in [0.29, 0.717) is 11.8 Å². The number of unbranched alkanes of at least 4 members (excludes halogenated alkanes) is 1. The second-order valence-corrected chi connectivity index (χ2v) is 7.42. The zero-order valence-corrected chi connectivity index (χ0v) is 13.6. The van der Waals surface area contributed by atoms with Crippen molar-refractivity contribution in [3.8, 4) is 0 Å². The minimum Gasteiger partial charge on any atom is -0.326 e. The highest BCUT2D eigenvalue weighted by atomic mass is 14.9. The SMILES string of the molecule is CCCCC(N)C(N)(C1CCCCC1)C1CCCCC1. The summed E-state index contributed by atoms with van der Waals surface area (Å²) in [4.78, 5) is 0. The van der Waals surface area contributed by atoms with Gasteiger partial charge in [0.05, 0.1) is 0 Å². The Morgan fingerprint density at radius 2 is 1.35 bits per heavy atom. The number of nitrogens with two attached hydrogens (primary N) is 2. The Hall–Kier alpha value is -0.0800. The summed E-state index contributed by atoms with van der Waals surface area (Å²) < 4.78 is 0. The van der Waals surface area contributed by atoms with E-state index in [9.17, 15) is 0 Å². The van der Waals surface area contributed by atoms with Crippen molar-refractivity contribution in [3.63, 3.8) is 0 Å². The standard InChI is InChI=1S/C18H36N2/c1-2-3-14-17(19)18(20,15-10-6-4-7-11-15)16-12-8-5-9-13-16/h15-17H,2-14,19-20H2,1H3. The summed E-state index contributed by atoms with van der Waals surface area (Å²) >= 11 is 0. The fraction of sp³-hybridized carbons (Fsp3) is 1.00. The molecular formula is C18H36N2. The van der Waals surface area contributed by atoms with E-state index in [1.54, 1.807) is 0 Å². The minimum atomic E-state index is -0.0734. The molecule has 1 unspecified atom stereocenters. The van der Waals surface area contributed by atoms with Crippen molar-refractivity contribution in [3.05, 3.63) is 0 Å². The first kappa shape index (κ1) is 16.3. The molecule has 0 bridgehead atoms. The fourth-order valence-electron chi connectivity index (χ4n) is 4.82. The lowest BCUT2D eigenvalue weighted by Crippen LogP contribution is -2.65. The van der Waals surface area contributed by atoms with Gasteiger partial charge < -0.3 is 11.5 Å². The van der Waals surface area contributed by atoms with Crippen molar-refractivity contribution in [2.24, 2.45) is 23.3 Å². The van der Waals surface area contributed by atoms with Crippen molar-refractivity contribution < 1.29 is 0 Å². The van der Waals surface area contributed by atoms with Crippen LogP contribution in [0.15, 0.2) is 0 Å². The van der Waals surface area contributed by atoms with Gasteiger partial charge in [0, 0.05) is 11.6 Å². The molecule has 4 N–H and O–H groups in total. The quantitative estimate of drug-likeness (QED) is 0.759. The smallest absolute Gasteiger partial charge is 0.0364 e. The van der Waals surface area contributed by atoms with Crippen LogP contribution in [0, 0.1) is 11.8 Å². The Balaban J connectivity index is 2.11. The maximum absolute atomic E-state index is 7.11. The third kappa shape index (κ3) is 3.57. The van der Waals surface area contributed by atoms with E-state index in [2.05, 4.69) is 6.92 Å². The highest BCUT2D eigenvalue weighted by Gasteiger charge is 2.46. The maximum Gasteiger partial charge on any atom is 0.0364 e. The van der Waals surface area contributed by atoms with Gasteiger partial charge in [0.15, 0.2) is 0 Å². The average Bonchev–Trinajstić information content (AvgIpc) is 2.53. The molecule has 0 heterocycles. The van der Waals surface area contributed by atoms with Crippen LogP contribution in [0.1, 0.15) is 90.4 Å². The Morgan fingerprint density at radius 3 is 1.75 bits per heavy atom. The van der Waals surface area contributed by atoms with Gasteiger partial charge >= 0.3 is 0 Å². The van der Waals surface area contributed by atoms with Gasteiger partial charge in [-0.25, -0.2) is 0 Å². The van der Waals surface area contributed by atoms with Crippen LogP contribution in [0.25, 0.3) is 0 Å². The first-order valence-electron chi connectivity index (χ1n) is 9.24. The highest BCUT2D eigenvalue weighted by Crippen LogP contribution is 2.43. The molecule has 0 amide bonds. The normalized spacial score (nSPS) is 24.8. The molecule has 20 heavy (non-hydrogen) atoms. The van der Waals surface area contributed by atoms with Crippen LogP contribution in [0.2, 0.25) is 0 Å². The van der Waals surface area contributed by atoms with E-state index >= 15 is 0 Å². The van der Waals surface area contributed by atoms with Crippen LogP contribution >= 0.6 is 0 Å². The molecule has 0 aliphatic heterocycles. The molecule has 2 rings (SSSR count). The summed E-state index contributed by atoms with van der Waals surface area (Å²) in [6.07, 6.45) is 17.2. The number of hydrogen-bond acceptors (Lipinski definition) is 2. The minimum absolute atomic E-state index is 0.0734. The number of rotatable bonds is 6. The molecule has 0 saturated heterocycles. The molecule has 2 nitrogen and oxygen atoms in total. The second kappa shape index (κ2) is 7.79. The fourth-order valence-corrected chi connectivity index (χ4v) is 4.82. The Bertz CT molecular complexity index is 247.